The standard InChI is InChI=1S/C22H28ClN3O5S/c1-30-17-3-5-18(6-4-17)31-14-13-25-9-11-26(12-10-25)16-22(27)24-21-15-19(32(2,28)29)7-8-20(21)23/h3-8,15H,9-14,16H2,1-2H3,(H,24,27). The Kier molecular flexibility index (Phi) is 8.36. The molecule has 2 aromatic carbocycles. The van der Waals surface area contributed by atoms with Crippen LogP contribution in [0.2, 0.25) is 5.02 Å². The van der Waals surface area contributed by atoms with Gasteiger partial charge < -0.3 is 14.8 Å². The van der Waals surface area contributed by atoms with Gasteiger partial charge in [0.1, 0.15) is 18.1 Å². The Labute approximate surface area is 194 Å². The average molecular weight is 482 g/mol. The van der Waals surface area contributed by atoms with Crippen LogP contribution in [-0.2, 0) is 14.6 Å². The number of hydrogen-bond donors (Lipinski definition) is 1. The number of amides is 1. The maximum absolute atomic E-state index is 12.4. The molecule has 1 aliphatic heterocycles. The van der Waals surface area contributed by atoms with Crippen LogP contribution in [-0.4, -0.2) is 83.4 Å². The lowest BCUT2D eigenvalue weighted by Crippen LogP contribution is -2.49. The smallest absolute Gasteiger partial charge is 0.238 e. The van der Waals surface area contributed by atoms with E-state index in [2.05, 4.69) is 15.1 Å². The normalized spacial score (nSPS) is 15.3. The van der Waals surface area contributed by atoms with Crippen LogP contribution in [0, 0.1) is 0 Å². The topological polar surface area (TPSA) is 88.2 Å². The molecule has 1 heterocycles. The van der Waals surface area contributed by atoms with Crippen LogP contribution < -0.4 is 14.8 Å². The third-order valence-corrected chi connectivity index (χ3v) is 6.65. The quantitative estimate of drug-likeness (QED) is 0.588. The number of rotatable bonds is 9. The maximum atomic E-state index is 12.4. The minimum atomic E-state index is -3.38. The number of benzene rings is 2. The van der Waals surface area contributed by atoms with Crippen molar-refractivity contribution in [2.45, 2.75) is 4.90 Å². The second kappa shape index (κ2) is 11.0. The Hall–Kier alpha value is -2.33. The van der Waals surface area contributed by atoms with Crippen molar-refractivity contribution in [1.29, 1.82) is 0 Å². The van der Waals surface area contributed by atoms with Gasteiger partial charge in [-0.15, -0.1) is 0 Å². The average Bonchev–Trinajstić information content (AvgIpc) is 2.76. The number of nitrogens with one attached hydrogen (secondary N) is 1. The zero-order valence-corrected chi connectivity index (χ0v) is 19.8. The van der Waals surface area contributed by atoms with Crippen molar-refractivity contribution in [2.24, 2.45) is 0 Å². The molecule has 8 nitrogen and oxygen atoms in total. The monoisotopic (exact) mass is 481 g/mol. The minimum Gasteiger partial charge on any atom is -0.497 e. The third kappa shape index (κ3) is 7.09. The Morgan fingerprint density at radius 1 is 1.03 bits per heavy atom. The van der Waals surface area contributed by atoms with Gasteiger partial charge in [-0.2, -0.15) is 0 Å². The number of sulfone groups is 1. The van der Waals surface area contributed by atoms with E-state index in [1.165, 1.54) is 18.2 Å². The number of methoxy groups -OCH3 is 1. The molecule has 10 heteroatoms. The van der Waals surface area contributed by atoms with Gasteiger partial charge in [0, 0.05) is 39.0 Å². The number of halogens is 1. The van der Waals surface area contributed by atoms with E-state index < -0.39 is 9.84 Å². The fourth-order valence-corrected chi connectivity index (χ4v) is 4.17. The van der Waals surface area contributed by atoms with E-state index in [-0.39, 0.29) is 17.3 Å². The SMILES string of the molecule is COc1ccc(OCCN2CCN(CC(=O)Nc3cc(S(C)(=O)=O)ccc3Cl)CC2)cc1. The van der Waals surface area contributed by atoms with E-state index in [0.29, 0.717) is 17.3 Å². The number of piperazine rings is 1. The summed E-state index contributed by atoms with van der Waals surface area (Å²) in [5.41, 5.74) is 0.300. The molecule has 1 amide bonds. The number of carbonyl (C=O) groups excluding carboxylic acids is 1. The van der Waals surface area contributed by atoms with Crippen LogP contribution in [0.5, 0.6) is 11.5 Å². The van der Waals surface area contributed by atoms with Crippen molar-refractivity contribution in [1.82, 2.24) is 9.80 Å². The van der Waals surface area contributed by atoms with Crippen LogP contribution in [0.1, 0.15) is 0 Å². The maximum Gasteiger partial charge on any atom is 0.238 e. The summed E-state index contributed by atoms with van der Waals surface area (Å²) in [6.07, 6.45) is 1.11. The van der Waals surface area contributed by atoms with Gasteiger partial charge in [0.15, 0.2) is 9.84 Å². The molecule has 0 unspecified atom stereocenters. The fraction of sp³-hybridized carbons (Fsp3) is 0.409. The highest BCUT2D eigenvalue weighted by Gasteiger charge is 2.20. The molecule has 0 saturated carbocycles. The summed E-state index contributed by atoms with van der Waals surface area (Å²) in [4.78, 5) is 16.9. The predicted molar refractivity (Wildman–Crippen MR) is 125 cm³/mol. The molecule has 1 aliphatic rings. The number of carbonyl (C=O) groups is 1. The highest BCUT2D eigenvalue weighted by molar-refractivity contribution is 7.90. The van der Waals surface area contributed by atoms with Crippen molar-refractivity contribution < 1.29 is 22.7 Å². The van der Waals surface area contributed by atoms with Gasteiger partial charge in [-0.05, 0) is 42.5 Å². The molecule has 1 fully saturated rings. The van der Waals surface area contributed by atoms with E-state index in [1.807, 2.05) is 24.3 Å². The number of hydrogen-bond acceptors (Lipinski definition) is 7. The zero-order chi connectivity index (χ0) is 23.1. The largest absolute Gasteiger partial charge is 0.497 e. The summed E-state index contributed by atoms with van der Waals surface area (Å²) in [5.74, 6) is 1.37. The van der Waals surface area contributed by atoms with Gasteiger partial charge in [-0.25, -0.2) is 8.42 Å². The molecule has 0 aromatic heterocycles. The van der Waals surface area contributed by atoms with E-state index in [0.717, 1.165) is 50.5 Å². The molecule has 0 atom stereocenters. The van der Waals surface area contributed by atoms with Crippen molar-refractivity contribution in [3.8, 4) is 11.5 Å². The first-order valence-corrected chi connectivity index (χ1v) is 12.5. The molecule has 0 bridgehead atoms. The fourth-order valence-electron chi connectivity index (χ4n) is 3.36. The molecule has 1 N–H and O–H groups in total. The molecule has 0 radical (unpaired) electrons. The first-order valence-electron chi connectivity index (χ1n) is 10.3. The summed E-state index contributed by atoms with van der Waals surface area (Å²) in [7, 11) is -1.75. The van der Waals surface area contributed by atoms with E-state index in [1.54, 1.807) is 7.11 Å². The Morgan fingerprint density at radius 3 is 2.28 bits per heavy atom. The number of nitrogens with zero attached hydrogens (tertiary/aromatic N) is 2. The van der Waals surface area contributed by atoms with Crippen LogP contribution in [0.15, 0.2) is 47.4 Å². The number of ether oxygens (including phenoxy) is 2. The molecule has 3 rings (SSSR count). The molecule has 174 valence electrons. The van der Waals surface area contributed by atoms with Crippen LogP contribution in [0.4, 0.5) is 5.69 Å². The molecule has 32 heavy (non-hydrogen) atoms. The third-order valence-electron chi connectivity index (χ3n) is 5.21. The molecular formula is C22H28ClN3O5S. The van der Waals surface area contributed by atoms with E-state index in [4.69, 9.17) is 21.1 Å². The molecule has 0 aliphatic carbocycles. The van der Waals surface area contributed by atoms with Gasteiger partial charge in [-0.1, -0.05) is 11.6 Å². The molecule has 2 aromatic rings. The van der Waals surface area contributed by atoms with Crippen molar-refractivity contribution in [2.75, 3.05) is 64.6 Å². The highest BCUT2D eigenvalue weighted by atomic mass is 35.5. The second-order valence-corrected chi connectivity index (χ2v) is 10.0. The van der Waals surface area contributed by atoms with Crippen LogP contribution in [0.3, 0.4) is 0 Å². The van der Waals surface area contributed by atoms with Crippen LogP contribution in [0.25, 0.3) is 0 Å². The van der Waals surface area contributed by atoms with Gasteiger partial charge in [0.05, 0.1) is 29.3 Å². The van der Waals surface area contributed by atoms with E-state index >= 15 is 0 Å². The lowest BCUT2D eigenvalue weighted by molar-refractivity contribution is -0.117. The number of anilines is 1. The lowest BCUT2D eigenvalue weighted by Gasteiger charge is -2.34. The van der Waals surface area contributed by atoms with Crippen molar-refractivity contribution >= 4 is 33.0 Å². The summed E-state index contributed by atoms with van der Waals surface area (Å²) in [6, 6.07) is 11.8. The van der Waals surface area contributed by atoms with Gasteiger partial charge in [0.2, 0.25) is 5.91 Å². The summed E-state index contributed by atoms with van der Waals surface area (Å²) in [5, 5.41) is 3.02. The zero-order valence-electron chi connectivity index (χ0n) is 18.2. The first kappa shape index (κ1) is 24.3. The van der Waals surface area contributed by atoms with Gasteiger partial charge in [-0.3, -0.25) is 14.6 Å². The second-order valence-electron chi connectivity index (χ2n) is 7.60. The van der Waals surface area contributed by atoms with Crippen molar-refractivity contribution in [3.63, 3.8) is 0 Å². The molecule has 0 spiro atoms. The van der Waals surface area contributed by atoms with Gasteiger partial charge in [0.25, 0.3) is 0 Å². The Morgan fingerprint density at radius 2 is 1.66 bits per heavy atom. The van der Waals surface area contributed by atoms with Crippen molar-refractivity contribution in [3.05, 3.63) is 47.5 Å². The Bertz CT molecular complexity index is 1020. The lowest BCUT2D eigenvalue weighted by atomic mass is 10.3. The summed E-state index contributed by atoms with van der Waals surface area (Å²) < 4.78 is 34.4. The van der Waals surface area contributed by atoms with E-state index in [9.17, 15) is 13.2 Å². The highest BCUT2D eigenvalue weighted by Crippen LogP contribution is 2.25. The minimum absolute atomic E-state index is 0.114. The molecule has 1 saturated heterocycles. The summed E-state index contributed by atoms with van der Waals surface area (Å²) >= 11 is 6.11. The molecular weight excluding hydrogens is 454 g/mol. The Balaban J connectivity index is 1.40. The predicted octanol–water partition coefficient (Wildman–Crippen LogP) is 2.39. The summed E-state index contributed by atoms with van der Waals surface area (Å²) in [6.45, 7) is 4.80. The van der Waals surface area contributed by atoms with Crippen LogP contribution >= 0.6 is 11.6 Å². The first-order chi connectivity index (χ1) is 15.2. The van der Waals surface area contributed by atoms with Gasteiger partial charge >= 0.3 is 0 Å².